The Labute approximate surface area is 159 Å². The summed E-state index contributed by atoms with van der Waals surface area (Å²) in [6.45, 7) is 1.91. The molecule has 13 heteroatoms. The van der Waals surface area contributed by atoms with Gasteiger partial charge < -0.3 is 20.8 Å². The number of carbonyl (C=O) groups is 1. The van der Waals surface area contributed by atoms with E-state index >= 15 is 0 Å². The molecule has 0 bridgehead atoms. The number of phenols is 1. The van der Waals surface area contributed by atoms with Crippen LogP contribution < -0.4 is 19.7 Å². The van der Waals surface area contributed by atoms with Gasteiger partial charge in [0.1, 0.15) is 23.8 Å². The van der Waals surface area contributed by atoms with Gasteiger partial charge in [-0.25, -0.2) is 13.4 Å². The van der Waals surface area contributed by atoms with E-state index in [0.717, 1.165) is 18.6 Å². The van der Waals surface area contributed by atoms with E-state index in [1.165, 1.54) is 6.07 Å². The van der Waals surface area contributed by atoms with E-state index in [-0.39, 0.29) is 17.5 Å². The SMILES string of the molecule is CCCNc1cc(O)nc(Nc2cc(O)c(N3CC(=O)NS3(=O)=O)c(F)c2)n1. The number of phenolic OH excluding ortho intramolecular Hbond substituents is 1. The van der Waals surface area contributed by atoms with Crippen LogP contribution >= 0.6 is 0 Å². The molecular weight excluding hydrogens is 395 g/mol. The summed E-state index contributed by atoms with van der Waals surface area (Å²) in [4.78, 5) is 19.2. The zero-order chi connectivity index (χ0) is 20.5. The lowest BCUT2D eigenvalue weighted by Gasteiger charge is -2.18. The predicted molar refractivity (Wildman–Crippen MR) is 98.2 cm³/mol. The normalized spacial score (nSPS) is 15.4. The lowest BCUT2D eigenvalue weighted by Crippen LogP contribution is -2.30. The van der Waals surface area contributed by atoms with Gasteiger partial charge in [-0.2, -0.15) is 18.4 Å². The molecule has 0 atom stereocenters. The molecule has 0 saturated carbocycles. The zero-order valence-corrected chi connectivity index (χ0v) is 15.4. The Balaban J connectivity index is 1.90. The van der Waals surface area contributed by atoms with Gasteiger partial charge in [0.05, 0.1) is 0 Å². The van der Waals surface area contributed by atoms with Crippen molar-refractivity contribution in [2.75, 3.05) is 28.0 Å². The maximum absolute atomic E-state index is 14.5. The number of halogens is 1. The third-order valence-corrected chi connectivity index (χ3v) is 5.02. The number of hydrogen-bond donors (Lipinski definition) is 5. The van der Waals surface area contributed by atoms with Crippen LogP contribution in [0.3, 0.4) is 0 Å². The fraction of sp³-hybridized carbons (Fsp3) is 0.267. The average Bonchev–Trinajstić information content (AvgIpc) is 2.84. The number of carbonyl (C=O) groups excluding carboxylic acids is 1. The Kier molecular flexibility index (Phi) is 5.09. The highest BCUT2D eigenvalue weighted by Crippen LogP contribution is 2.36. The monoisotopic (exact) mass is 412 g/mol. The highest BCUT2D eigenvalue weighted by Gasteiger charge is 2.37. The number of benzene rings is 1. The molecule has 1 fully saturated rings. The van der Waals surface area contributed by atoms with Crippen molar-refractivity contribution in [3.05, 3.63) is 24.0 Å². The van der Waals surface area contributed by atoms with Crippen molar-refractivity contribution in [3.63, 3.8) is 0 Å². The van der Waals surface area contributed by atoms with Gasteiger partial charge in [-0.1, -0.05) is 6.92 Å². The van der Waals surface area contributed by atoms with Gasteiger partial charge in [0.2, 0.25) is 11.8 Å². The molecule has 0 unspecified atom stereocenters. The van der Waals surface area contributed by atoms with Crippen molar-refractivity contribution in [3.8, 4) is 11.6 Å². The van der Waals surface area contributed by atoms with Gasteiger partial charge >= 0.3 is 10.2 Å². The summed E-state index contributed by atoms with van der Waals surface area (Å²) in [6.07, 6.45) is 0.824. The first kappa shape index (κ1) is 19.4. The number of amides is 1. The summed E-state index contributed by atoms with van der Waals surface area (Å²) in [5, 5.41) is 25.4. The number of aromatic nitrogens is 2. The molecule has 11 nitrogen and oxygen atoms in total. The number of nitrogens with one attached hydrogen (secondary N) is 3. The van der Waals surface area contributed by atoms with Crippen LogP contribution in [0.2, 0.25) is 0 Å². The molecule has 3 rings (SSSR count). The first-order valence-electron chi connectivity index (χ1n) is 8.14. The molecule has 2 heterocycles. The smallest absolute Gasteiger partial charge is 0.326 e. The lowest BCUT2D eigenvalue weighted by molar-refractivity contribution is -0.117. The van der Waals surface area contributed by atoms with Gasteiger partial charge in [0, 0.05) is 24.4 Å². The Morgan fingerprint density at radius 3 is 2.64 bits per heavy atom. The van der Waals surface area contributed by atoms with Crippen molar-refractivity contribution >= 4 is 39.3 Å². The fourth-order valence-electron chi connectivity index (χ4n) is 2.51. The second-order valence-electron chi connectivity index (χ2n) is 5.85. The van der Waals surface area contributed by atoms with Crippen LogP contribution in [-0.4, -0.2) is 47.6 Å². The van der Waals surface area contributed by atoms with Gasteiger partial charge in [0.25, 0.3) is 5.91 Å². The Hall–Kier alpha value is -3.35. The van der Waals surface area contributed by atoms with Crippen molar-refractivity contribution in [1.82, 2.24) is 14.7 Å². The minimum atomic E-state index is -4.28. The minimum Gasteiger partial charge on any atom is -0.506 e. The zero-order valence-electron chi connectivity index (χ0n) is 14.6. The third-order valence-electron chi connectivity index (χ3n) is 3.64. The molecule has 0 aliphatic carbocycles. The summed E-state index contributed by atoms with van der Waals surface area (Å²) < 4.78 is 40.4. The number of nitrogens with zero attached hydrogens (tertiary/aromatic N) is 3. The van der Waals surface area contributed by atoms with E-state index in [4.69, 9.17) is 0 Å². The Morgan fingerprint density at radius 1 is 1.29 bits per heavy atom. The molecule has 0 radical (unpaired) electrons. The van der Waals surface area contributed by atoms with Gasteiger partial charge in [-0.05, 0) is 12.5 Å². The van der Waals surface area contributed by atoms with Crippen molar-refractivity contribution in [1.29, 1.82) is 0 Å². The average molecular weight is 412 g/mol. The highest BCUT2D eigenvalue weighted by atomic mass is 32.2. The summed E-state index contributed by atoms with van der Waals surface area (Å²) in [5.41, 5.74) is -0.660. The second-order valence-corrected chi connectivity index (χ2v) is 7.44. The summed E-state index contributed by atoms with van der Waals surface area (Å²) in [5.74, 6) is -2.72. The van der Waals surface area contributed by atoms with E-state index in [9.17, 15) is 27.8 Å². The molecule has 1 aliphatic heterocycles. The molecule has 0 spiro atoms. The Morgan fingerprint density at radius 2 is 2.04 bits per heavy atom. The Bertz CT molecular complexity index is 1010. The largest absolute Gasteiger partial charge is 0.506 e. The van der Waals surface area contributed by atoms with E-state index in [0.29, 0.717) is 16.7 Å². The third kappa shape index (κ3) is 3.98. The van der Waals surface area contributed by atoms with E-state index in [2.05, 4.69) is 20.6 Å². The number of rotatable bonds is 6. The van der Waals surface area contributed by atoms with Crippen LogP contribution in [0.1, 0.15) is 13.3 Å². The van der Waals surface area contributed by atoms with E-state index in [1.807, 2.05) is 6.92 Å². The molecule has 1 aromatic carbocycles. The van der Waals surface area contributed by atoms with Crippen LogP contribution in [0.5, 0.6) is 11.6 Å². The van der Waals surface area contributed by atoms with Gasteiger partial charge in [0.15, 0.2) is 5.82 Å². The lowest BCUT2D eigenvalue weighted by atomic mass is 10.2. The van der Waals surface area contributed by atoms with Crippen molar-refractivity contribution < 1.29 is 27.8 Å². The first-order chi connectivity index (χ1) is 13.2. The number of aromatic hydroxyl groups is 2. The van der Waals surface area contributed by atoms with Crippen LogP contribution in [-0.2, 0) is 15.0 Å². The molecule has 150 valence electrons. The summed E-state index contributed by atoms with van der Waals surface area (Å²) in [7, 11) is -4.28. The first-order valence-corrected chi connectivity index (χ1v) is 9.58. The van der Waals surface area contributed by atoms with E-state index < -0.39 is 39.9 Å². The number of hydrogen-bond acceptors (Lipinski definition) is 9. The van der Waals surface area contributed by atoms with Crippen molar-refractivity contribution in [2.45, 2.75) is 13.3 Å². The maximum Gasteiger partial charge on any atom is 0.326 e. The fourth-order valence-corrected chi connectivity index (χ4v) is 3.68. The van der Waals surface area contributed by atoms with Crippen LogP contribution in [0.4, 0.5) is 27.5 Å². The molecular formula is C15H17FN6O5S. The number of anilines is 4. The molecule has 1 aromatic heterocycles. The van der Waals surface area contributed by atoms with Crippen LogP contribution in [0.15, 0.2) is 18.2 Å². The molecule has 1 amide bonds. The molecule has 1 aliphatic rings. The molecule has 28 heavy (non-hydrogen) atoms. The van der Waals surface area contributed by atoms with Crippen molar-refractivity contribution in [2.24, 2.45) is 0 Å². The quantitative estimate of drug-likeness (QED) is 0.462. The van der Waals surface area contributed by atoms with Gasteiger partial charge in [-0.15, -0.1) is 0 Å². The summed E-state index contributed by atoms with van der Waals surface area (Å²) >= 11 is 0. The molecule has 1 saturated heterocycles. The van der Waals surface area contributed by atoms with E-state index in [1.54, 1.807) is 4.72 Å². The topological polar surface area (TPSA) is 157 Å². The summed E-state index contributed by atoms with van der Waals surface area (Å²) in [6, 6.07) is 3.26. The van der Waals surface area contributed by atoms with Crippen LogP contribution in [0, 0.1) is 5.82 Å². The van der Waals surface area contributed by atoms with Crippen LogP contribution in [0.25, 0.3) is 0 Å². The predicted octanol–water partition coefficient (Wildman–Crippen LogP) is 0.773. The minimum absolute atomic E-state index is 0.00155. The molecule has 5 N–H and O–H groups in total. The highest BCUT2D eigenvalue weighted by molar-refractivity contribution is 7.92. The molecule has 2 aromatic rings. The van der Waals surface area contributed by atoms with Gasteiger partial charge in [-0.3, -0.25) is 4.79 Å². The maximum atomic E-state index is 14.5. The second kappa shape index (κ2) is 7.34. The standard InChI is InChI=1S/C15H17FN6O5S/c1-2-3-17-11-6-12(24)20-15(19-11)18-8-4-9(16)14(10(23)5-8)22-7-13(25)21-28(22,26)27/h4-6,23H,2-3,7H2,1H3,(H,21,25)(H3,17,18,19,20,24).